The van der Waals surface area contributed by atoms with Crippen molar-refractivity contribution in [3.05, 3.63) is 58.6 Å². The van der Waals surface area contributed by atoms with Crippen molar-refractivity contribution in [2.45, 2.75) is 26.4 Å². The number of halogens is 1. The highest BCUT2D eigenvalue weighted by atomic mass is 79.9. The third-order valence-electron chi connectivity index (χ3n) is 3.09. The fourth-order valence-electron chi connectivity index (χ4n) is 1.80. The molecule has 0 spiro atoms. The minimum Gasteiger partial charge on any atom is -0.491 e. The quantitative estimate of drug-likeness (QED) is 0.836. The predicted molar refractivity (Wildman–Crippen MR) is 88.9 cm³/mol. The van der Waals surface area contributed by atoms with E-state index in [-0.39, 0.29) is 12.0 Å². The Kier molecular flexibility index (Phi) is 5.39. The monoisotopic (exact) mass is 347 g/mol. The van der Waals surface area contributed by atoms with Gasteiger partial charge < -0.3 is 10.1 Å². The largest absolute Gasteiger partial charge is 0.491 e. The zero-order valence-electron chi connectivity index (χ0n) is 12.1. The molecule has 21 heavy (non-hydrogen) atoms. The van der Waals surface area contributed by atoms with Crippen LogP contribution in [0.5, 0.6) is 5.75 Å². The summed E-state index contributed by atoms with van der Waals surface area (Å²) in [5.74, 6) is 0.619. The second-order valence-corrected chi connectivity index (χ2v) is 5.74. The molecule has 0 fully saturated rings. The first kappa shape index (κ1) is 15.6. The number of hydrogen-bond donors (Lipinski definition) is 1. The Hall–Kier alpha value is -1.81. The maximum atomic E-state index is 12.2. The number of hydrogen-bond acceptors (Lipinski definition) is 2. The van der Waals surface area contributed by atoms with Crippen LogP contribution in [0.2, 0.25) is 0 Å². The molecule has 0 saturated carbocycles. The number of amides is 1. The molecule has 2 rings (SSSR count). The molecule has 2 aromatic rings. The lowest BCUT2D eigenvalue weighted by Gasteiger charge is -2.13. The molecule has 0 aliphatic carbocycles. The minimum atomic E-state index is -0.142. The second kappa shape index (κ2) is 7.27. The summed E-state index contributed by atoms with van der Waals surface area (Å²) in [6, 6.07) is 14.7. The number of carbonyl (C=O) groups is 1. The van der Waals surface area contributed by atoms with Crippen molar-refractivity contribution in [2.75, 3.05) is 5.32 Å². The Morgan fingerprint density at radius 3 is 2.71 bits per heavy atom. The zero-order chi connectivity index (χ0) is 15.2. The van der Waals surface area contributed by atoms with E-state index >= 15 is 0 Å². The maximum absolute atomic E-state index is 12.2. The molecular formula is C17H18BrNO2. The lowest BCUT2D eigenvalue weighted by atomic mass is 10.2. The van der Waals surface area contributed by atoms with Crippen LogP contribution in [0.3, 0.4) is 0 Å². The number of ether oxygens (including phenoxy) is 1. The molecule has 0 aliphatic heterocycles. The summed E-state index contributed by atoms with van der Waals surface area (Å²) in [6.07, 6.45) is 1.09. The first-order valence-corrected chi connectivity index (χ1v) is 7.71. The van der Waals surface area contributed by atoms with Gasteiger partial charge in [-0.25, -0.2) is 0 Å². The molecule has 1 atom stereocenters. The van der Waals surface area contributed by atoms with Gasteiger partial charge in [0.25, 0.3) is 5.91 Å². The summed E-state index contributed by atoms with van der Waals surface area (Å²) >= 11 is 3.36. The standard InChI is InChI=1S/C17H18BrNO2/c1-3-12(2)21-16-9-5-8-15(11-16)19-17(20)13-6-4-7-14(18)10-13/h4-12H,3H2,1-2H3,(H,19,20). The third-order valence-corrected chi connectivity index (χ3v) is 3.58. The molecule has 0 aliphatic rings. The summed E-state index contributed by atoms with van der Waals surface area (Å²) in [7, 11) is 0. The van der Waals surface area contributed by atoms with Gasteiger partial charge in [0.1, 0.15) is 5.75 Å². The van der Waals surface area contributed by atoms with E-state index < -0.39 is 0 Å². The second-order valence-electron chi connectivity index (χ2n) is 4.83. The molecule has 2 aromatic carbocycles. The summed E-state index contributed by atoms with van der Waals surface area (Å²) in [5, 5.41) is 2.88. The van der Waals surface area contributed by atoms with Gasteiger partial charge in [-0.15, -0.1) is 0 Å². The Balaban J connectivity index is 2.09. The lowest BCUT2D eigenvalue weighted by molar-refractivity contribution is 0.102. The number of carbonyl (C=O) groups excluding carboxylic acids is 1. The van der Waals surface area contributed by atoms with Crippen LogP contribution >= 0.6 is 15.9 Å². The molecule has 4 heteroatoms. The van der Waals surface area contributed by atoms with Gasteiger partial charge in [0.15, 0.2) is 0 Å². The molecule has 3 nitrogen and oxygen atoms in total. The first-order valence-electron chi connectivity index (χ1n) is 6.92. The van der Waals surface area contributed by atoms with Crippen molar-refractivity contribution in [2.24, 2.45) is 0 Å². The first-order chi connectivity index (χ1) is 10.1. The molecule has 1 amide bonds. The van der Waals surface area contributed by atoms with Crippen molar-refractivity contribution in [1.82, 2.24) is 0 Å². The highest BCUT2D eigenvalue weighted by molar-refractivity contribution is 9.10. The lowest BCUT2D eigenvalue weighted by Crippen LogP contribution is -2.13. The van der Waals surface area contributed by atoms with E-state index in [9.17, 15) is 4.79 Å². The van der Waals surface area contributed by atoms with Crippen LogP contribution in [0.25, 0.3) is 0 Å². The Morgan fingerprint density at radius 2 is 2.00 bits per heavy atom. The van der Waals surface area contributed by atoms with Crippen molar-refractivity contribution in [1.29, 1.82) is 0 Å². The van der Waals surface area contributed by atoms with Gasteiger partial charge in [0.05, 0.1) is 6.10 Å². The number of anilines is 1. The molecule has 0 bridgehead atoms. The molecule has 0 saturated heterocycles. The summed E-state index contributed by atoms with van der Waals surface area (Å²) in [4.78, 5) is 12.2. The van der Waals surface area contributed by atoms with Crippen molar-refractivity contribution in [3.63, 3.8) is 0 Å². The fraction of sp³-hybridized carbons (Fsp3) is 0.235. The van der Waals surface area contributed by atoms with Gasteiger partial charge >= 0.3 is 0 Å². The summed E-state index contributed by atoms with van der Waals surface area (Å²) in [5.41, 5.74) is 1.33. The number of benzene rings is 2. The van der Waals surface area contributed by atoms with Gasteiger partial charge in [0, 0.05) is 21.8 Å². The van der Waals surface area contributed by atoms with Gasteiger partial charge in [-0.1, -0.05) is 35.0 Å². The normalized spacial score (nSPS) is 11.8. The highest BCUT2D eigenvalue weighted by Gasteiger charge is 2.07. The summed E-state index contributed by atoms with van der Waals surface area (Å²) < 4.78 is 6.63. The van der Waals surface area contributed by atoms with Gasteiger partial charge in [0.2, 0.25) is 0 Å². The van der Waals surface area contributed by atoms with Gasteiger partial charge in [-0.2, -0.15) is 0 Å². The van der Waals surface area contributed by atoms with Crippen LogP contribution in [0, 0.1) is 0 Å². The SMILES string of the molecule is CCC(C)Oc1cccc(NC(=O)c2cccc(Br)c2)c1. The van der Waals surface area contributed by atoms with Crippen LogP contribution in [-0.2, 0) is 0 Å². The number of nitrogens with one attached hydrogen (secondary N) is 1. The van der Waals surface area contributed by atoms with E-state index in [1.54, 1.807) is 12.1 Å². The molecule has 0 aromatic heterocycles. The molecule has 0 heterocycles. The highest BCUT2D eigenvalue weighted by Crippen LogP contribution is 2.20. The maximum Gasteiger partial charge on any atom is 0.255 e. The summed E-state index contributed by atoms with van der Waals surface area (Å²) in [6.45, 7) is 4.09. The Labute approximate surface area is 133 Å². The van der Waals surface area contributed by atoms with Crippen LogP contribution in [0.1, 0.15) is 30.6 Å². The minimum absolute atomic E-state index is 0.142. The van der Waals surface area contributed by atoms with Crippen LogP contribution < -0.4 is 10.1 Å². The van der Waals surface area contributed by atoms with Crippen molar-refractivity contribution in [3.8, 4) is 5.75 Å². The van der Waals surface area contributed by atoms with Crippen LogP contribution in [-0.4, -0.2) is 12.0 Å². The molecular weight excluding hydrogens is 330 g/mol. The van der Waals surface area contributed by atoms with Crippen molar-refractivity contribution >= 4 is 27.5 Å². The van der Waals surface area contributed by atoms with Crippen LogP contribution in [0.4, 0.5) is 5.69 Å². The fourth-order valence-corrected chi connectivity index (χ4v) is 2.20. The molecule has 1 N–H and O–H groups in total. The van der Waals surface area contributed by atoms with E-state index in [4.69, 9.17) is 4.74 Å². The Bertz CT molecular complexity index is 628. The molecule has 110 valence electrons. The van der Waals surface area contributed by atoms with Gasteiger partial charge in [-0.3, -0.25) is 4.79 Å². The van der Waals surface area contributed by atoms with E-state index in [1.165, 1.54) is 0 Å². The predicted octanol–water partition coefficient (Wildman–Crippen LogP) is 4.88. The van der Waals surface area contributed by atoms with Crippen molar-refractivity contribution < 1.29 is 9.53 Å². The molecule has 0 radical (unpaired) electrons. The van der Waals surface area contributed by atoms with E-state index in [2.05, 4.69) is 28.2 Å². The average Bonchev–Trinajstić information content (AvgIpc) is 2.47. The topological polar surface area (TPSA) is 38.3 Å². The van der Waals surface area contributed by atoms with E-state index in [0.29, 0.717) is 5.56 Å². The third kappa shape index (κ3) is 4.60. The Morgan fingerprint density at radius 1 is 1.24 bits per heavy atom. The number of rotatable bonds is 5. The molecule has 1 unspecified atom stereocenters. The van der Waals surface area contributed by atoms with Gasteiger partial charge in [-0.05, 0) is 43.7 Å². The smallest absolute Gasteiger partial charge is 0.255 e. The average molecular weight is 348 g/mol. The zero-order valence-corrected chi connectivity index (χ0v) is 13.7. The van der Waals surface area contributed by atoms with E-state index in [1.807, 2.05) is 43.3 Å². The van der Waals surface area contributed by atoms with Crippen LogP contribution in [0.15, 0.2) is 53.0 Å². The van der Waals surface area contributed by atoms with E-state index in [0.717, 1.165) is 22.3 Å².